The van der Waals surface area contributed by atoms with Gasteiger partial charge in [0.15, 0.2) is 0 Å². The second-order valence-electron chi connectivity index (χ2n) is 3.60. The van der Waals surface area contributed by atoms with Crippen molar-refractivity contribution in [1.29, 1.82) is 0 Å². The van der Waals surface area contributed by atoms with Gasteiger partial charge in [-0.05, 0) is 25.2 Å². The predicted molar refractivity (Wildman–Crippen MR) is 40.1 cm³/mol. The largest absolute Gasteiger partial charge is 0.299 e. The summed E-state index contributed by atoms with van der Waals surface area (Å²) in [5.41, 5.74) is 0. The van der Waals surface area contributed by atoms with Gasteiger partial charge in [0, 0.05) is 12.8 Å². The molecule has 2 aliphatic carbocycles. The molecule has 0 spiro atoms. The Morgan fingerprint density at radius 1 is 1.00 bits per heavy atom. The molecule has 0 unspecified atom stereocenters. The van der Waals surface area contributed by atoms with E-state index in [1.165, 1.54) is 0 Å². The van der Waals surface area contributed by atoms with Crippen molar-refractivity contribution in [1.82, 2.24) is 0 Å². The Kier molecular flexibility index (Phi) is 1.55. The molecular weight excluding hydrogens is 140 g/mol. The zero-order chi connectivity index (χ0) is 7.84. The third-order valence-corrected chi connectivity index (χ3v) is 2.92. The van der Waals surface area contributed by atoms with Gasteiger partial charge in [-0.25, -0.2) is 0 Å². The molecule has 0 amide bonds. The molecule has 0 radical (unpaired) electrons. The van der Waals surface area contributed by atoms with E-state index in [-0.39, 0.29) is 17.5 Å². The summed E-state index contributed by atoms with van der Waals surface area (Å²) < 4.78 is 0. The van der Waals surface area contributed by atoms with Crippen LogP contribution in [0.15, 0.2) is 0 Å². The molecule has 0 heterocycles. The number of carbonyl (C=O) groups is 2. The molecule has 0 aromatic rings. The monoisotopic (exact) mass is 152 g/mol. The Morgan fingerprint density at radius 2 is 1.73 bits per heavy atom. The highest BCUT2D eigenvalue weighted by Crippen LogP contribution is 2.37. The maximum absolute atomic E-state index is 11.3. The summed E-state index contributed by atoms with van der Waals surface area (Å²) in [7, 11) is 0. The molecule has 0 bridgehead atoms. The van der Waals surface area contributed by atoms with Crippen molar-refractivity contribution in [3.63, 3.8) is 0 Å². The molecule has 2 nitrogen and oxygen atoms in total. The van der Waals surface area contributed by atoms with E-state index >= 15 is 0 Å². The topological polar surface area (TPSA) is 34.1 Å². The average Bonchev–Trinajstić information content (AvgIpc) is 2.34. The first-order chi connectivity index (χ1) is 5.29. The van der Waals surface area contributed by atoms with E-state index < -0.39 is 0 Å². The zero-order valence-corrected chi connectivity index (χ0v) is 6.51. The van der Waals surface area contributed by atoms with Gasteiger partial charge in [0.2, 0.25) is 0 Å². The fourth-order valence-electron chi connectivity index (χ4n) is 2.36. The van der Waals surface area contributed by atoms with E-state index in [4.69, 9.17) is 0 Å². The molecule has 2 heteroatoms. The van der Waals surface area contributed by atoms with Crippen LogP contribution < -0.4 is 0 Å². The summed E-state index contributed by atoms with van der Waals surface area (Å²) in [6, 6.07) is 0. The van der Waals surface area contributed by atoms with Crippen molar-refractivity contribution in [2.45, 2.75) is 32.1 Å². The van der Waals surface area contributed by atoms with Crippen molar-refractivity contribution < 1.29 is 9.59 Å². The van der Waals surface area contributed by atoms with Crippen LogP contribution in [0.25, 0.3) is 0 Å². The second kappa shape index (κ2) is 2.43. The Bertz CT molecular complexity index is 208. The first kappa shape index (κ1) is 7.01. The second-order valence-corrected chi connectivity index (χ2v) is 3.60. The Labute approximate surface area is 66.0 Å². The number of hydrogen-bond donors (Lipinski definition) is 0. The van der Waals surface area contributed by atoms with E-state index in [2.05, 4.69) is 0 Å². The molecule has 0 N–H and O–H groups in total. The average molecular weight is 152 g/mol. The van der Waals surface area contributed by atoms with Gasteiger partial charge >= 0.3 is 0 Å². The lowest BCUT2D eigenvalue weighted by atomic mass is 9.80. The fourth-order valence-corrected chi connectivity index (χ4v) is 2.36. The molecule has 2 saturated carbocycles. The van der Waals surface area contributed by atoms with Crippen LogP contribution in [0, 0.1) is 11.8 Å². The number of carbonyl (C=O) groups excluding carboxylic acids is 2. The fraction of sp³-hybridized carbons (Fsp3) is 0.778. The van der Waals surface area contributed by atoms with Crippen LogP contribution in [0.4, 0.5) is 0 Å². The van der Waals surface area contributed by atoms with Crippen molar-refractivity contribution in [3.05, 3.63) is 0 Å². The summed E-state index contributed by atoms with van der Waals surface area (Å²) in [6.45, 7) is 0. The standard InChI is InChI=1S/C9H12O2/c10-7-3-1-2-6-4-5-8(11)9(6)7/h6,9H,1-5H2/t6-,9+/m0/s1. The van der Waals surface area contributed by atoms with Gasteiger partial charge in [-0.15, -0.1) is 0 Å². The van der Waals surface area contributed by atoms with Gasteiger partial charge in [0.25, 0.3) is 0 Å². The Hall–Kier alpha value is -0.660. The third-order valence-electron chi connectivity index (χ3n) is 2.92. The lowest BCUT2D eigenvalue weighted by Gasteiger charge is -2.21. The predicted octanol–water partition coefficient (Wildman–Crippen LogP) is 1.33. The molecule has 2 fully saturated rings. The van der Waals surface area contributed by atoms with E-state index in [1.807, 2.05) is 0 Å². The lowest BCUT2D eigenvalue weighted by molar-refractivity contribution is -0.133. The summed E-state index contributed by atoms with van der Waals surface area (Å²) >= 11 is 0. The number of ketones is 2. The summed E-state index contributed by atoms with van der Waals surface area (Å²) in [5.74, 6) is 0.663. The summed E-state index contributed by atoms with van der Waals surface area (Å²) in [6.07, 6.45) is 4.37. The minimum Gasteiger partial charge on any atom is -0.299 e. The first-order valence-electron chi connectivity index (χ1n) is 4.34. The van der Waals surface area contributed by atoms with Crippen molar-refractivity contribution >= 4 is 11.6 Å². The minimum absolute atomic E-state index is 0.177. The van der Waals surface area contributed by atoms with Crippen LogP contribution in [-0.2, 0) is 9.59 Å². The highest BCUT2D eigenvalue weighted by molar-refractivity contribution is 6.04. The van der Waals surface area contributed by atoms with Crippen LogP contribution in [-0.4, -0.2) is 11.6 Å². The first-order valence-corrected chi connectivity index (χ1v) is 4.34. The number of fused-ring (bicyclic) bond motifs is 1. The molecule has 2 atom stereocenters. The SMILES string of the molecule is O=C1CCC[C@H]2CCC(=O)[C@@H]12. The van der Waals surface area contributed by atoms with Gasteiger partial charge in [-0.1, -0.05) is 0 Å². The van der Waals surface area contributed by atoms with Gasteiger partial charge < -0.3 is 0 Å². The lowest BCUT2D eigenvalue weighted by Crippen LogP contribution is -2.28. The zero-order valence-electron chi connectivity index (χ0n) is 6.51. The molecular formula is C9H12O2. The molecule has 11 heavy (non-hydrogen) atoms. The van der Waals surface area contributed by atoms with Gasteiger partial charge in [-0.2, -0.15) is 0 Å². The van der Waals surface area contributed by atoms with Gasteiger partial charge in [0.1, 0.15) is 11.6 Å². The van der Waals surface area contributed by atoms with Crippen LogP contribution in [0.2, 0.25) is 0 Å². The van der Waals surface area contributed by atoms with E-state index in [0.29, 0.717) is 18.8 Å². The maximum Gasteiger partial charge on any atom is 0.143 e. The molecule has 2 rings (SSSR count). The number of hydrogen-bond acceptors (Lipinski definition) is 2. The smallest absolute Gasteiger partial charge is 0.143 e. The van der Waals surface area contributed by atoms with Crippen LogP contribution >= 0.6 is 0 Å². The Balaban J connectivity index is 2.21. The molecule has 0 aromatic carbocycles. The van der Waals surface area contributed by atoms with Gasteiger partial charge in [-0.3, -0.25) is 9.59 Å². The highest BCUT2D eigenvalue weighted by atomic mass is 16.2. The minimum atomic E-state index is -0.177. The summed E-state index contributed by atoms with van der Waals surface area (Å²) in [4.78, 5) is 22.5. The van der Waals surface area contributed by atoms with E-state index in [1.54, 1.807) is 0 Å². The van der Waals surface area contributed by atoms with Crippen molar-refractivity contribution in [3.8, 4) is 0 Å². The van der Waals surface area contributed by atoms with Gasteiger partial charge in [0.05, 0.1) is 5.92 Å². The normalized spacial score (nSPS) is 37.5. The Morgan fingerprint density at radius 3 is 2.45 bits per heavy atom. The van der Waals surface area contributed by atoms with Crippen LogP contribution in [0.5, 0.6) is 0 Å². The van der Waals surface area contributed by atoms with Crippen molar-refractivity contribution in [2.75, 3.05) is 0 Å². The molecule has 0 saturated heterocycles. The van der Waals surface area contributed by atoms with E-state index in [9.17, 15) is 9.59 Å². The molecule has 0 aromatic heterocycles. The number of rotatable bonds is 0. The van der Waals surface area contributed by atoms with Crippen LogP contribution in [0.1, 0.15) is 32.1 Å². The number of Topliss-reactive ketones (excluding diaryl/α,β-unsaturated/α-hetero) is 2. The quantitative estimate of drug-likeness (QED) is 0.491. The van der Waals surface area contributed by atoms with Crippen LogP contribution in [0.3, 0.4) is 0 Å². The van der Waals surface area contributed by atoms with Crippen molar-refractivity contribution in [2.24, 2.45) is 11.8 Å². The molecule has 2 aliphatic rings. The maximum atomic E-state index is 11.3. The highest BCUT2D eigenvalue weighted by Gasteiger charge is 2.41. The molecule has 60 valence electrons. The van der Waals surface area contributed by atoms with E-state index in [0.717, 1.165) is 19.3 Å². The third kappa shape index (κ3) is 1.01. The summed E-state index contributed by atoms with van der Waals surface area (Å²) in [5, 5.41) is 0. The molecule has 0 aliphatic heterocycles.